The molecule has 1 fully saturated rings. The van der Waals surface area contributed by atoms with Gasteiger partial charge in [-0.1, -0.05) is 0 Å². The van der Waals surface area contributed by atoms with Gasteiger partial charge in [-0.3, -0.25) is 0 Å². The average molecular weight is 259 g/mol. The number of rotatable bonds is 2. The molecule has 1 saturated carbocycles. The summed E-state index contributed by atoms with van der Waals surface area (Å²) in [6.45, 7) is 0. The Morgan fingerprint density at radius 1 is 1.43 bits per heavy atom. The van der Waals surface area contributed by atoms with E-state index >= 15 is 0 Å². The van der Waals surface area contributed by atoms with E-state index in [2.05, 4.69) is 15.9 Å². The van der Waals surface area contributed by atoms with Crippen LogP contribution in [0.25, 0.3) is 0 Å². The number of hydrogen-bond donors (Lipinski definition) is 2. The van der Waals surface area contributed by atoms with Crippen LogP contribution in [0.2, 0.25) is 0 Å². The molecule has 4 N–H and O–H groups in total. The molecule has 0 amide bonds. The monoisotopic (exact) mass is 258 g/mol. The van der Waals surface area contributed by atoms with Gasteiger partial charge in [0.05, 0.1) is 5.69 Å². The summed E-state index contributed by atoms with van der Waals surface area (Å²) in [5, 5.41) is 0. The van der Waals surface area contributed by atoms with Crippen molar-refractivity contribution in [1.82, 2.24) is 0 Å². The Labute approximate surface area is 90.6 Å². The standard InChI is InChI=1S/C10H12BrFN2/c11-8-4-6(12)3-7(10(8)14)9(13)5-1-2-5/h3-5,9H,1-2,13-14H2/t9-/m1/s1. The normalized spacial score (nSPS) is 18.2. The van der Waals surface area contributed by atoms with Gasteiger partial charge < -0.3 is 11.5 Å². The highest BCUT2D eigenvalue weighted by atomic mass is 79.9. The predicted molar refractivity (Wildman–Crippen MR) is 58.2 cm³/mol. The Hall–Kier alpha value is -0.610. The topological polar surface area (TPSA) is 52.0 Å². The van der Waals surface area contributed by atoms with E-state index in [1.165, 1.54) is 12.1 Å². The molecule has 2 rings (SSSR count). The van der Waals surface area contributed by atoms with Crippen LogP contribution < -0.4 is 11.5 Å². The van der Waals surface area contributed by atoms with Gasteiger partial charge in [0.1, 0.15) is 5.82 Å². The number of anilines is 1. The third-order valence-corrected chi connectivity index (χ3v) is 3.27. The molecule has 0 saturated heterocycles. The van der Waals surface area contributed by atoms with Crippen molar-refractivity contribution in [1.29, 1.82) is 0 Å². The summed E-state index contributed by atoms with van der Waals surface area (Å²) in [7, 11) is 0. The number of nitrogen functional groups attached to an aromatic ring is 1. The smallest absolute Gasteiger partial charge is 0.124 e. The van der Waals surface area contributed by atoms with E-state index in [9.17, 15) is 4.39 Å². The molecule has 1 atom stereocenters. The van der Waals surface area contributed by atoms with Gasteiger partial charge in [0, 0.05) is 10.5 Å². The molecule has 0 bridgehead atoms. The maximum atomic E-state index is 13.1. The van der Waals surface area contributed by atoms with E-state index in [-0.39, 0.29) is 11.9 Å². The van der Waals surface area contributed by atoms with E-state index in [1.54, 1.807) is 0 Å². The first-order valence-corrected chi connectivity index (χ1v) is 5.39. The zero-order chi connectivity index (χ0) is 10.3. The lowest BCUT2D eigenvalue weighted by molar-refractivity contribution is 0.602. The minimum atomic E-state index is -0.294. The van der Waals surface area contributed by atoms with Crippen molar-refractivity contribution >= 4 is 21.6 Å². The van der Waals surface area contributed by atoms with Crippen molar-refractivity contribution in [2.24, 2.45) is 11.7 Å². The summed E-state index contributed by atoms with van der Waals surface area (Å²) >= 11 is 3.21. The summed E-state index contributed by atoms with van der Waals surface area (Å²) in [5.41, 5.74) is 13.1. The van der Waals surface area contributed by atoms with Crippen LogP contribution in [-0.4, -0.2) is 0 Å². The zero-order valence-corrected chi connectivity index (χ0v) is 9.22. The second-order valence-corrected chi connectivity index (χ2v) is 4.61. The Balaban J connectivity index is 2.39. The van der Waals surface area contributed by atoms with Gasteiger partial charge in [0.25, 0.3) is 0 Å². The molecule has 76 valence electrons. The summed E-state index contributed by atoms with van der Waals surface area (Å²) < 4.78 is 13.7. The third kappa shape index (κ3) is 1.77. The lowest BCUT2D eigenvalue weighted by Gasteiger charge is -2.14. The lowest BCUT2D eigenvalue weighted by atomic mass is 10.0. The minimum Gasteiger partial charge on any atom is -0.398 e. The largest absolute Gasteiger partial charge is 0.398 e. The first-order valence-electron chi connectivity index (χ1n) is 4.59. The van der Waals surface area contributed by atoms with Crippen molar-refractivity contribution in [2.75, 3.05) is 5.73 Å². The van der Waals surface area contributed by atoms with Crippen LogP contribution >= 0.6 is 15.9 Å². The van der Waals surface area contributed by atoms with Crippen molar-refractivity contribution in [3.8, 4) is 0 Å². The molecule has 1 aliphatic carbocycles. The van der Waals surface area contributed by atoms with Gasteiger partial charge >= 0.3 is 0 Å². The van der Waals surface area contributed by atoms with Crippen molar-refractivity contribution in [3.63, 3.8) is 0 Å². The van der Waals surface area contributed by atoms with Gasteiger partial charge in [0.15, 0.2) is 0 Å². The van der Waals surface area contributed by atoms with Crippen molar-refractivity contribution in [2.45, 2.75) is 18.9 Å². The molecule has 14 heavy (non-hydrogen) atoms. The molecular weight excluding hydrogens is 247 g/mol. The second-order valence-electron chi connectivity index (χ2n) is 3.75. The van der Waals surface area contributed by atoms with Crippen LogP contribution in [0, 0.1) is 11.7 Å². The highest BCUT2D eigenvalue weighted by Crippen LogP contribution is 2.42. The van der Waals surface area contributed by atoms with Gasteiger partial charge in [-0.05, 0) is 52.4 Å². The first kappa shape index (κ1) is 9.93. The molecule has 0 aromatic heterocycles. The van der Waals surface area contributed by atoms with E-state index in [0.717, 1.165) is 18.4 Å². The molecule has 1 aliphatic rings. The number of nitrogens with two attached hydrogens (primary N) is 2. The highest BCUT2D eigenvalue weighted by molar-refractivity contribution is 9.10. The Morgan fingerprint density at radius 2 is 2.07 bits per heavy atom. The highest BCUT2D eigenvalue weighted by Gasteiger charge is 2.31. The third-order valence-electron chi connectivity index (χ3n) is 2.62. The average Bonchev–Trinajstić information content (AvgIpc) is 2.93. The SMILES string of the molecule is Nc1c(Br)cc(F)cc1[C@H](N)C1CC1. The quantitative estimate of drug-likeness (QED) is 0.802. The summed E-state index contributed by atoms with van der Waals surface area (Å²) in [4.78, 5) is 0. The molecule has 0 spiro atoms. The van der Waals surface area contributed by atoms with E-state index in [0.29, 0.717) is 16.1 Å². The fraction of sp³-hybridized carbons (Fsp3) is 0.400. The summed E-state index contributed by atoms with van der Waals surface area (Å²) in [6.07, 6.45) is 2.24. The van der Waals surface area contributed by atoms with Crippen LogP contribution in [-0.2, 0) is 0 Å². The molecular formula is C10H12BrFN2. The zero-order valence-electron chi connectivity index (χ0n) is 7.63. The number of halogens is 2. The Kier molecular flexibility index (Phi) is 2.49. The van der Waals surface area contributed by atoms with Crippen molar-refractivity contribution in [3.05, 3.63) is 28.0 Å². The van der Waals surface area contributed by atoms with Crippen LogP contribution in [0.1, 0.15) is 24.4 Å². The molecule has 2 nitrogen and oxygen atoms in total. The molecule has 1 aromatic carbocycles. The molecule has 1 aromatic rings. The van der Waals surface area contributed by atoms with Crippen LogP contribution in [0.15, 0.2) is 16.6 Å². The fourth-order valence-electron chi connectivity index (χ4n) is 1.59. The van der Waals surface area contributed by atoms with E-state index in [4.69, 9.17) is 11.5 Å². The maximum absolute atomic E-state index is 13.1. The lowest BCUT2D eigenvalue weighted by Crippen LogP contribution is -2.15. The van der Waals surface area contributed by atoms with Gasteiger partial charge in [0.2, 0.25) is 0 Å². The van der Waals surface area contributed by atoms with Gasteiger partial charge in [-0.15, -0.1) is 0 Å². The molecule has 0 heterocycles. The number of hydrogen-bond acceptors (Lipinski definition) is 2. The molecule has 0 radical (unpaired) electrons. The molecule has 4 heteroatoms. The fourth-order valence-corrected chi connectivity index (χ4v) is 2.04. The Morgan fingerprint density at radius 3 is 2.64 bits per heavy atom. The predicted octanol–water partition coefficient (Wildman–Crippen LogP) is 2.58. The van der Waals surface area contributed by atoms with E-state index in [1.807, 2.05) is 0 Å². The maximum Gasteiger partial charge on any atom is 0.124 e. The van der Waals surface area contributed by atoms with Crippen LogP contribution in [0.5, 0.6) is 0 Å². The molecule has 0 aliphatic heterocycles. The minimum absolute atomic E-state index is 0.123. The Bertz CT molecular complexity index is 363. The molecule has 0 unspecified atom stereocenters. The second kappa shape index (κ2) is 3.51. The summed E-state index contributed by atoms with van der Waals surface area (Å²) in [5.74, 6) is 0.183. The van der Waals surface area contributed by atoms with Crippen molar-refractivity contribution < 1.29 is 4.39 Å². The van der Waals surface area contributed by atoms with Gasteiger partial charge in [-0.2, -0.15) is 0 Å². The number of benzene rings is 1. The summed E-state index contributed by atoms with van der Waals surface area (Å²) in [6, 6.07) is 2.67. The van der Waals surface area contributed by atoms with Crippen LogP contribution in [0.3, 0.4) is 0 Å². The van der Waals surface area contributed by atoms with Gasteiger partial charge in [-0.25, -0.2) is 4.39 Å². The van der Waals surface area contributed by atoms with E-state index < -0.39 is 0 Å². The first-order chi connectivity index (χ1) is 6.59. The van der Waals surface area contributed by atoms with Crippen LogP contribution in [0.4, 0.5) is 10.1 Å².